The normalized spacial score (nSPS) is 12.1. The van der Waals surface area contributed by atoms with Crippen molar-refractivity contribution in [2.24, 2.45) is 0 Å². The lowest BCUT2D eigenvalue weighted by Gasteiger charge is -2.15. The van der Waals surface area contributed by atoms with Crippen molar-refractivity contribution in [1.29, 1.82) is 0 Å². The zero-order valence-electron chi connectivity index (χ0n) is 13.1. The molecule has 0 saturated heterocycles. The lowest BCUT2D eigenvalue weighted by atomic mass is 9.95. The van der Waals surface area contributed by atoms with Gasteiger partial charge in [-0.15, -0.1) is 0 Å². The third-order valence-corrected chi connectivity index (χ3v) is 4.63. The Kier molecular flexibility index (Phi) is 5.03. The Morgan fingerprint density at radius 1 is 1.21 bits per heavy atom. The van der Waals surface area contributed by atoms with E-state index in [4.69, 9.17) is 23.2 Å². The minimum atomic E-state index is -0.276. The van der Waals surface area contributed by atoms with Gasteiger partial charge in [0.05, 0.1) is 5.92 Å². The van der Waals surface area contributed by atoms with Crippen LogP contribution in [0.1, 0.15) is 24.0 Å². The summed E-state index contributed by atoms with van der Waals surface area (Å²) in [4.78, 5) is 16.7. The van der Waals surface area contributed by atoms with Crippen molar-refractivity contribution in [2.75, 3.05) is 0 Å². The summed E-state index contributed by atoms with van der Waals surface area (Å²) in [5, 5.41) is 6.13. The molecule has 1 N–H and O–H groups in total. The maximum Gasteiger partial charge on any atom is 0.227 e. The van der Waals surface area contributed by atoms with Crippen molar-refractivity contribution in [3.63, 3.8) is 0 Å². The highest BCUT2D eigenvalue weighted by Gasteiger charge is 2.17. The summed E-state index contributed by atoms with van der Waals surface area (Å²) in [6, 6.07) is 13.1. The molecule has 0 saturated carbocycles. The Bertz CT molecular complexity index is 890. The molecule has 0 spiro atoms. The molecule has 0 bridgehead atoms. The highest BCUT2D eigenvalue weighted by Crippen LogP contribution is 2.25. The first kappa shape index (κ1) is 16.7. The van der Waals surface area contributed by atoms with E-state index >= 15 is 0 Å². The minimum Gasteiger partial charge on any atom is -0.351 e. The number of aromatic nitrogens is 1. The van der Waals surface area contributed by atoms with E-state index in [1.54, 1.807) is 24.5 Å². The van der Waals surface area contributed by atoms with Gasteiger partial charge < -0.3 is 5.32 Å². The fraction of sp³-hybridized carbons (Fsp3) is 0.158. The van der Waals surface area contributed by atoms with E-state index in [-0.39, 0.29) is 11.8 Å². The highest BCUT2D eigenvalue weighted by molar-refractivity contribution is 6.35. The van der Waals surface area contributed by atoms with Gasteiger partial charge in [0.1, 0.15) is 0 Å². The Morgan fingerprint density at radius 2 is 2.04 bits per heavy atom. The zero-order chi connectivity index (χ0) is 17.1. The summed E-state index contributed by atoms with van der Waals surface area (Å²) >= 11 is 12.0. The fourth-order valence-corrected chi connectivity index (χ4v) is 3.14. The first-order valence-corrected chi connectivity index (χ1v) is 8.36. The molecule has 0 fully saturated rings. The Hall–Kier alpha value is -2.10. The SMILES string of the molecule is CC(C(=O)NCc1ccc(Cl)cc1Cl)c1cccc2cnccc12. The summed E-state index contributed by atoms with van der Waals surface area (Å²) in [6.45, 7) is 2.26. The summed E-state index contributed by atoms with van der Waals surface area (Å²) in [6.07, 6.45) is 3.54. The molecule has 0 aliphatic rings. The van der Waals surface area contributed by atoms with E-state index in [0.29, 0.717) is 16.6 Å². The van der Waals surface area contributed by atoms with Crippen LogP contribution < -0.4 is 5.32 Å². The van der Waals surface area contributed by atoms with Gasteiger partial charge in [0, 0.05) is 34.4 Å². The molecule has 3 rings (SSSR count). The lowest BCUT2D eigenvalue weighted by Crippen LogP contribution is -2.27. The molecule has 5 heteroatoms. The van der Waals surface area contributed by atoms with E-state index in [2.05, 4.69) is 10.3 Å². The summed E-state index contributed by atoms with van der Waals surface area (Å²) in [5.41, 5.74) is 1.82. The molecule has 1 amide bonds. The number of nitrogens with zero attached hydrogens (tertiary/aromatic N) is 1. The molecule has 0 aliphatic heterocycles. The van der Waals surface area contributed by atoms with Crippen LogP contribution in [-0.2, 0) is 11.3 Å². The standard InChI is InChI=1S/C19H16Cl2N2O/c1-12(16-4-2-3-13-10-22-8-7-17(13)16)19(24)23-11-14-5-6-15(20)9-18(14)21/h2-10,12H,11H2,1H3,(H,23,24). The molecule has 3 aromatic rings. The lowest BCUT2D eigenvalue weighted by molar-refractivity contribution is -0.122. The molecule has 2 aromatic carbocycles. The summed E-state index contributed by atoms with van der Waals surface area (Å²) in [7, 11) is 0. The number of pyridine rings is 1. The first-order chi connectivity index (χ1) is 11.6. The van der Waals surface area contributed by atoms with Crippen molar-refractivity contribution in [3.05, 3.63) is 76.0 Å². The van der Waals surface area contributed by atoms with Crippen molar-refractivity contribution < 1.29 is 4.79 Å². The fourth-order valence-electron chi connectivity index (χ4n) is 2.67. The second kappa shape index (κ2) is 7.20. The van der Waals surface area contributed by atoms with Crippen LogP contribution in [0.15, 0.2) is 54.9 Å². The number of amides is 1. The molecule has 3 nitrogen and oxygen atoms in total. The number of nitrogens with one attached hydrogen (secondary N) is 1. The van der Waals surface area contributed by atoms with E-state index < -0.39 is 0 Å². The molecule has 0 aliphatic carbocycles. The third-order valence-electron chi connectivity index (χ3n) is 4.04. The van der Waals surface area contributed by atoms with Gasteiger partial charge in [-0.05, 0) is 41.6 Å². The molecule has 1 atom stereocenters. The van der Waals surface area contributed by atoms with Crippen LogP contribution in [0.5, 0.6) is 0 Å². The van der Waals surface area contributed by atoms with Crippen molar-refractivity contribution in [2.45, 2.75) is 19.4 Å². The first-order valence-electron chi connectivity index (χ1n) is 7.60. The molecular weight excluding hydrogens is 343 g/mol. The topological polar surface area (TPSA) is 42.0 Å². The zero-order valence-corrected chi connectivity index (χ0v) is 14.6. The second-order valence-electron chi connectivity index (χ2n) is 5.62. The largest absolute Gasteiger partial charge is 0.351 e. The molecular formula is C19H16Cl2N2O. The van der Waals surface area contributed by atoms with Crippen LogP contribution in [0.4, 0.5) is 0 Å². The smallest absolute Gasteiger partial charge is 0.227 e. The average Bonchev–Trinajstić information content (AvgIpc) is 2.59. The molecule has 122 valence electrons. The second-order valence-corrected chi connectivity index (χ2v) is 6.46. The van der Waals surface area contributed by atoms with E-state index in [1.807, 2.05) is 37.3 Å². The number of fused-ring (bicyclic) bond motifs is 1. The number of hydrogen-bond acceptors (Lipinski definition) is 2. The Labute approximate surface area is 150 Å². The van der Waals surface area contributed by atoms with E-state index in [9.17, 15) is 4.79 Å². The van der Waals surface area contributed by atoms with Crippen LogP contribution in [0, 0.1) is 0 Å². The van der Waals surface area contributed by atoms with E-state index in [1.165, 1.54) is 0 Å². The van der Waals surface area contributed by atoms with E-state index in [0.717, 1.165) is 21.9 Å². The summed E-state index contributed by atoms with van der Waals surface area (Å²) < 4.78 is 0. The Balaban J connectivity index is 1.77. The predicted octanol–water partition coefficient (Wildman–Crippen LogP) is 4.96. The van der Waals surface area contributed by atoms with Gasteiger partial charge in [0.15, 0.2) is 0 Å². The minimum absolute atomic E-state index is 0.0506. The van der Waals surface area contributed by atoms with Gasteiger partial charge in [-0.2, -0.15) is 0 Å². The van der Waals surface area contributed by atoms with Crippen LogP contribution in [-0.4, -0.2) is 10.9 Å². The maximum absolute atomic E-state index is 12.5. The summed E-state index contributed by atoms with van der Waals surface area (Å²) in [5.74, 6) is -0.326. The van der Waals surface area contributed by atoms with Crippen molar-refractivity contribution >= 4 is 39.9 Å². The monoisotopic (exact) mass is 358 g/mol. The molecule has 1 heterocycles. The molecule has 1 aromatic heterocycles. The van der Waals surface area contributed by atoms with Crippen molar-refractivity contribution in [1.82, 2.24) is 10.3 Å². The van der Waals surface area contributed by atoms with Crippen LogP contribution >= 0.6 is 23.2 Å². The molecule has 0 radical (unpaired) electrons. The number of carbonyl (C=O) groups is 1. The number of benzene rings is 2. The average molecular weight is 359 g/mol. The molecule has 1 unspecified atom stereocenters. The van der Waals surface area contributed by atoms with Crippen LogP contribution in [0.3, 0.4) is 0 Å². The van der Waals surface area contributed by atoms with Gasteiger partial charge in [0.25, 0.3) is 0 Å². The quantitative estimate of drug-likeness (QED) is 0.715. The van der Waals surface area contributed by atoms with Crippen LogP contribution in [0.25, 0.3) is 10.8 Å². The number of halogens is 2. The maximum atomic E-state index is 12.5. The van der Waals surface area contributed by atoms with Crippen LogP contribution in [0.2, 0.25) is 10.0 Å². The Morgan fingerprint density at radius 3 is 2.83 bits per heavy atom. The van der Waals surface area contributed by atoms with Gasteiger partial charge >= 0.3 is 0 Å². The highest BCUT2D eigenvalue weighted by atomic mass is 35.5. The number of carbonyl (C=O) groups excluding carboxylic acids is 1. The number of rotatable bonds is 4. The van der Waals surface area contributed by atoms with Gasteiger partial charge in [-0.25, -0.2) is 0 Å². The van der Waals surface area contributed by atoms with Gasteiger partial charge in [0.2, 0.25) is 5.91 Å². The predicted molar refractivity (Wildman–Crippen MR) is 98.5 cm³/mol. The third kappa shape index (κ3) is 3.53. The van der Waals surface area contributed by atoms with Crippen molar-refractivity contribution in [3.8, 4) is 0 Å². The van der Waals surface area contributed by atoms with Gasteiger partial charge in [-0.1, -0.05) is 47.5 Å². The van der Waals surface area contributed by atoms with Gasteiger partial charge in [-0.3, -0.25) is 9.78 Å². The number of hydrogen-bond donors (Lipinski definition) is 1. The molecule has 24 heavy (non-hydrogen) atoms.